The summed E-state index contributed by atoms with van der Waals surface area (Å²) in [5.74, 6) is -1.14. The summed E-state index contributed by atoms with van der Waals surface area (Å²) < 4.78 is 21.6. The number of carbonyl (C=O) groups excluding carboxylic acids is 1. The van der Waals surface area contributed by atoms with E-state index in [1.165, 1.54) is 6.07 Å². The minimum Gasteiger partial charge on any atom is -0.462 e. The zero-order valence-electron chi connectivity index (χ0n) is 13.3. The zero-order valence-corrected chi connectivity index (χ0v) is 13.3. The van der Waals surface area contributed by atoms with E-state index in [0.717, 1.165) is 0 Å². The third-order valence-electron chi connectivity index (χ3n) is 3.64. The van der Waals surface area contributed by atoms with Crippen molar-refractivity contribution in [1.82, 2.24) is 0 Å². The summed E-state index contributed by atoms with van der Waals surface area (Å²) in [5.41, 5.74) is 0.971. The van der Waals surface area contributed by atoms with Crippen LogP contribution in [0.15, 0.2) is 33.5 Å². The predicted octanol–water partition coefficient (Wildman–Crippen LogP) is 2.79. The van der Waals surface area contributed by atoms with Crippen LogP contribution >= 0.6 is 0 Å². The van der Waals surface area contributed by atoms with Gasteiger partial charge in [0, 0.05) is 17.0 Å². The number of benzene rings is 1. The van der Waals surface area contributed by atoms with Crippen molar-refractivity contribution >= 4 is 16.9 Å². The zero-order chi connectivity index (χ0) is 16.6. The van der Waals surface area contributed by atoms with Crippen molar-refractivity contribution in [3.8, 4) is 0 Å². The number of hydrogen-bond acceptors (Lipinski definition) is 6. The van der Waals surface area contributed by atoms with Crippen molar-refractivity contribution in [1.29, 1.82) is 0 Å². The SMILES string of the molecule is CCOC(=O)c1ccc2oc(=O)cc([C@H]3COC(C)(C)O3)c2c1. The molecular formula is C17H18O6. The Bertz CT molecular complexity index is 804. The van der Waals surface area contributed by atoms with Gasteiger partial charge >= 0.3 is 11.6 Å². The lowest BCUT2D eigenvalue weighted by molar-refractivity contribution is -0.138. The summed E-state index contributed by atoms with van der Waals surface area (Å²) in [6.07, 6.45) is -0.394. The molecule has 0 N–H and O–H groups in total. The number of hydrogen-bond donors (Lipinski definition) is 0. The number of fused-ring (bicyclic) bond motifs is 1. The molecule has 0 aliphatic carbocycles. The monoisotopic (exact) mass is 318 g/mol. The van der Waals surface area contributed by atoms with Gasteiger partial charge in [-0.3, -0.25) is 0 Å². The molecule has 122 valence electrons. The third kappa shape index (κ3) is 3.13. The Morgan fingerprint density at radius 3 is 2.78 bits per heavy atom. The van der Waals surface area contributed by atoms with E-state index in [4.69, 9.17) is 18.6 Å². The van der Waals surface area contributed by atoms with Crippen LogP contribution in [0.4, 0.5) is 0 Å². The average molecular weight is 318 g/mol. The highest BCUT2D eigenvalue weighted by Gasteiger charge is 2.35. The molecule has 6 heteroatoms. The Morgan fingerprint density at radius 1 is 1.35 bits per heavy atom. The van der Waals surface area contributed by atoms with Gasteiger partial charge in [0.05, 0.1) is 18.8 Å². The van der Waals surface area contributed by atoms with Crippen LogP contribution in [0.1, 0.15) is 42.8 Å². The van der Waals surface area contributed by atoms with Crippen molar-refractivity contribution in [2.45, 2.75) is 32.7 Å². The molecule has 1 aliphatic heterocycles. The lowest BCUT2D eigenvalue weighted by atomic mass is 10.0. The van der Waals surface area contributed by atoms with Crippen LogP contribution in [0.3, 0.4) is 0 Å². The lowest BCUT2D eigenvalue weighted by Gasteiger charge is -2.17. The van der Waals surface area contributed by atoms with Gasteiger partial charge in [-0.15, -0.1) is 0 Å². The van der Waals surface area contributed by atoms with Crippen LogP contribution in [0.2, 0.25) is 0 Å². The molecule has 0 spiro atoms. The second-order valence-corrected chi connectivity index (χ2v) is 5.77. The van der Waals surface area contributed by atoms with Crippen LogP contribution in [-0.2, 0) is 14.2 Å². The summed E-state index contributed by atoms with van der Waals surface area (Å²) in [7, 11) is 0. The molecule has 1 aromatic carbocycles. The van der Waals surface area contributed by atoms with Gasteiger partial charge in [0.2, 0.25) is 0 Å². The Labute approximate surface area is 132 Å². The van der Waals surface area contributed by atoms with E-state index in [0.29, 0.717) is 35.3 Å². The first-order valence-corrected chi connectivity index (χ1v) is 7.46. The molecule has 1 aromatic heterocycles. The van der Waals surface area contributed by atoms with Crippen molar-refractivity contribution < 1.29 is 23.4 Å². The quantitative estimate of drug-likeness (QED) is 0.640. The number of rotatable bonds is 3. The van der Waals surface area contributed by atoms with Crippen LogP contribution in [-0.4, -0.2) is 25.0 Å². The van der Waals surface area contributed by atoms with E-state index in [1.807, 2.05) is 13.8 Å². The Hall–Kier alpha value is -2.18. The van der Waals surface area contributed by atoms with Crippen molar-refractivity contribution in [3.63, 3.8) is 0 Å². The minimum absolute atomic E-state index is 0.293. The Balaban J connectivity index is 2.10. The van der Waals surface area contributed by atoms with E-state index >= 15 is 0 Å². The molecular weight excluding hydrogens is 300 g/mol. The second kappa shape index (κ2) is 5.79. The van der Waals surface area contributed by atoms with Crippen molar-refractivity contribution in [3.05, 3.63) is 45.8 Å². The van der Waals surface area contributed by atoms with Gasteiger partial charge in [0.25, 0.3) is 0 Å². The standard InChI is InChI=1S/C17H18O6/c1-4-20-16(19)10-5-6-13-11(7-10)12(8-15(18)22-13)14-9-21-17(2,3)23-14/h5-8,14H,4,9H2,1-3H3/t14-/m1/s1. The minimum atomic E-state index is -0.716. The highest BCUT2D eigenvalue weighted by Crippen LogP contribution is 2.35. The third-order valence-corrected chi connectivity index (χ3v) is 3.64. The fraction of sp³-hybridized carbons (Fsp3) is 0.412. The van der Waals surface area contributed by atoms with Gasteiger partial charge in [-0.25, -0.2) is 9.59 Å². The molecule has 6 nitrogen and oxygen atoms in total. The summed E-state index contributed by atoms with van der Waals surface area (Å²) in [6, 6.07) is 6.20. The summed E-state index contributed by atoms with van der Waals surface area (Å²) in [4.78, 5) is 23.7. The van der Waals surface area contributed by atoms with E-state index in [-0.39, 0.29) is 0 Å². The number of esters is 1. The molecule has 0 bridgehead atoms. The van der Waals surface area contributed by atoms with Crippen LogP contribution < -0.4 is 5.63 Å². The van der Waals surface area contributed by atoms with E-state index in [9.17, 15) is 9.59 Å². The molecule has 1 saturated heterocycles. The summed E-state index contributed by atoms with van der Waals surface area (Å²) in [5, 5.41) is 0.640. The highest BCUT2D eigenvalue weighted by molar-refractivity contribution is 5.95. The molecule has 1 atom stereocenters. The molecule has 0 unspecified atom stereocenters. The largest absolute Gasteiger partial charge is 0.462 e. The molecule has 0 radical (unpaired) electrons. The molecule has 2 heterocycles. The van der Waals surface area contributed by atoms with Crippen LogP contribution in [0.25, 0.3) is 11.0 Å². The van der Waals surface area contributed by atoms with Gasteiger partial charge < -0.3 is 18.6 Å². The van der Waals surface area contributed by atoms with E-state index in [2.05, 4.69) is 0 Å². The summed E-state index contributed by atoms with van der Waals surface area (Å²) >= 11 is 0. The normalized spacial score (nSPS) is 19.9. The fourth-order valence-electron chi connectivity index (χ4n) is 2.64. The van der Waals surface area contributed by atoms with Gasteiger partial charge in [0.15, 0.2) is 5.79 Å². The van der Waals surface area contributed by atoms with Gasteiger partial charge in [-0.1, -0.05) is 0 Å². The van der Waals surface area contributed by atoms with E-state index in [1.54, 1.807) is 25.1 Å². The molecule has 23 heavy (non-hydrogen) atoms. The predicted molar refractivity (Wildman–Crippen MR) is 82.3 cm³/mol. The first kappa shape index (κ1) is 15.7. The maximum absolute atomic E-state index is 11.9. The van der Waals surface area contributed by atoms with Gasteiger partial charge in [-0.05, 0) is 39.0 Å². The Kier molecular flexibility index (Phi) is 3.95. The van der Waals surface area contributed by atoms with Crippen LogP contribution in [0, 0.1) is 0 Å². The fourth-order valence-corrected chi connectivity index (χ4v) is 2.64. The summed E-state index contributed by atoms with van der Waals surface area (Å²) in [6.45, 7) is 5.99. The molecule has 0 saturated carbocycles. The van der Waals surface area contributed by atoms with Crippen molar-refractivity contribution in [2.24, 2.45) is 0 Å². The molecule has 2 aromatic rings. The molecule has 1 aliphatic rings. The maximum Gasteiger partial charge on any atom is 0.338 e. The second-order valence-electron chi connectivity index (χ2n) is 5.77. The molecule has 3 rings (SSSR count). The van der Waals surface area contributed by atoms with Gasteiger partial charge in [0.1, 0.15) is 11.7 Å². The molecule has 1 fully saturated rings. The lowest BCUT2D eigenvalue weighted by Crippen LogP contribution is -2.20. The Morgan fingerprint density at radius 2 is 2.13 bits per heavy atom. The van der Waals surface area contributed by atoms with Gasteiger partial charge in [-0.2, -0.15) is 0 Å². The number of ether oxygens (including phenoxy) is 3. The first-order chi connectivity index (χ1) is 10.9. The first-order valence-electron chi connectivity index (χ1n) is 7.46. The smallest absolute Gasteiger partial charge is 0.338 e. The molecule has 0 amide bonds. The average Bonchev–Trinajstić information content (AvgIpc) is 2.86. The topological polar surface area (TPSA) is 75.0 Å². The maximum atomic E-state index is 11.9. The number of carbonyl (C=O) groups is 1. The van der Waals surface area contributed by atoms with Crippen LogP contribution in [0.5, 0.6) is 0 Å². The highest BCUT2D eigenvalue weighted by atomic mass is 16.7. The van der Waals surface area contributed by atoms with E-state index < -0.39 is 23.5 Å². The van der Waals surface area contributed by atoms with Crippen molar-refractivity contribution in [2.75, 3.05) is 13.2 Å².